The van der Waals surface area contributed by atoms with Gasteiger partial charge in [0.1, 0.15) is 5.84 Å². The fourth-order valence-electron chi connectivity index (χ4n) is 4.79. The fourth-order valence-corrected chi connectivity index (χ4v) is 5.73. The van der Waals surface area contributed by atoms with Crippen molar-refractivity contribution in [3.63, 3.8) is 0 Å². The molecule has 3 heterocycles. The summed E-state index contributed by atoms with van der Waals surface area (Å²) in [5.41, 5.74) is 2.91. The number of likely N-dealkylation sites (tertiary alicyclic amines) is 1. The van der Waals surface area contributed by atoms with E-state index in [1.807, 2.05) is 24.3 Å². The van der Waals surface area contributed by atoms with Gasteiger partial charge in [-0.2, -0.15) is 0 Å². The Bertz CT molecular complexity index is 1360. The number of amidine groups is 1. The quantitative estimate of drug-likeness (QED) is 0.238. The monoisotopic (exact) mass is 534 g/mol. The highest BCUT2D eigenvalue weighted by molar-refractivity contribution is 7.18. The van der Waals surface area contributed by atoms with E-state index in [-0.39, 0.29) is 23.9 Å². The number of halogens is 1. The first kappa shape index (κ1) is 25.2. The van der Waals surface area contributed by atoms with Crippen molar-refractivity contribution in [1.82, 2.24) is 9.80 Å². The summed E-state index contributed by atoms with van der Waals surface area (Å²) in [6, 6.07) is 16.2. The zero-order chi connectivity index (χ0) is 25.9. The number of rotatable bonds is 7. The van der Waals surface area contributed by atoms with E-state index in [1.165, 1.54) is 11.3 Å². The predicted octanol–water partition coefficient (Wildman–Crippen LogP) is 5.50. The number of hydrogen-bond acceptors (Lipinski definition) is 5. The Balaban J connectivity index is 1.22. The molecule has 0 radical (unpaired) electrons. The van der Waals surface area contributed by atoms with Gasteiger partial charge in [-0.25, -0.2) is 0 Å². The predicted molar refractivity (Wildman–Crippen MR) is 146 cm³/mol. The van der Waals surface area contributed by atoms with Crippen molar-refractivity contribution < 1.29 is 14.4 Å². The van der Waals surface area contributed by atoms with E-state index < -0.39 is 5.91 Å². The molecule has 2 aliphatic heterocycles. The standard InChI is InChI=1S/C28H27ClN4O3S/c29-23-12-11-22(37-23)26(34)31-21-6-4-5-20-25(21)28(36)33(27(20)35)16-13-18-7-9-19(10-8-18)17-24(30)32-14-2-1-3-15-32/h4-12,30H,1-3,13-17H2,(H,31,34). The number of piperidine rings is 1. The van der Waals surface area contributed by atoms with Crippen molar-refractivity contribution in [3.8, 4) is 0 Å². The molecule has 1 fully saturated rings. The van der Waals surface area contributed by atoms with Gasteiger partial charge in [-0.05, 0) is 61.1 Å². The maximum absolute atomic E-state index is 13.2. The second kappa shape index (κ2) is 10.9. The number of thiophene rings is 1. The minimum atomic E-state index is -0.410. The number of carbonyl (C=O) groups excluding carboxylic acids is 3. The van der Waals surface area contributed by atoms with Crippen LogP contribution in [0, 0.1) is 5.41 Å². The summed E-state index contributed by atoms with van der Waals surface area (Å²) in [5, 5.41) is 11.2. The van der Waals surface area contributed by atoms with Crippen LogP contribution >= 0.6 is 22.9 Å². The number of hydrogen-bond donors (Lipinski definition) is 2. The smallest absolute Gasteiger partial charge is 0.265 e. The topological polar surface area (TPSA) is 93.6 Å². The normalized spacial score (nSPS) is 15.2. The number of imide groups is 1. The van der Waals surface area contributed by atoms with Gasteiger partial charge < -0.3 is 10.2 Å². The lowest BCUT2D eigenvalue weighted by Crippen LogP contribution is -2.36. The van der Waals surface area contributed by atoms with Gasteiger partial charge in [-0.3, -0.25) is 24.7 Å². The van der Waals surface area contributed by atoms with Crippen LogP contribution in [0.3, 0.4) is 0 Å². The van der Waals surface area contributed by atoms with Crippen molar-refractivity contribution >= 4 is 52.2 Å². The molecule has 9 heteroatoms. The summed E-state index contributed by atoms with van der Waals surface area (Å²) in [7, 11) is 0. The first-order valence-electron chi connectivity index (χ1n) is 12.4. The van der Waals surface area contributed by atoms with E-state index in [2.05, 4.69) is 10.2 Å². The van der Waals surface area contributed by atoms with E-state index in [0.29, 0.717) is 39.1 Å². The van der Waals surface area contributed by atoms with E-state index >= 15 is 0 Å². The minimum absolute atomic E-state index is 0.218. The molecule has 0 saturated carbocycles. The van der Waals surface area contributed by atoms with E-state index in [9.17, 15) is 14.4 Å². The van der Waals surface area contributed by atoms with Crippen LogP contribution in [0.25, 0.3) is 0 Å². The summed E-state index contributed by atoms with van der Waals surface area (Å²) in [5.74, 6) is -0.491. The van der Waals surface area contributed by atoms with Crippen LogP contribution in [0.1, 0.15) is 60.8 Å². The maximum Gasteiger partial charge on any atom is 0.265 e. The van der Waals surface area contributed by atoms with Crippen LogP contribution in [0.15, 0.2) is 54.6 Å². The second-order valence-electron chi connectivity index (χ2n) is 9.29. The summed E-state index contributed by atoms with van der Waals surface area (Å²) in [6.07, 6.45) is 4.66. The van der Waals surface area contributed by atoms with Gasteiger partial charge >= 0.3 is 0 Å². The Morgan fingerprint density at radius 2 is 1.68 bits per heavy atom. The molecule has 2 N–H and O–H groups in total. The molecular formula is C28H27ClN4O3S. The second-order valence-corrected chi connectivity index (χ2v) is 11.0. The number of nitrogens with one attached hydrogen (secondary N) is 2. The Morgan fingerprint density at radius 1 is 0.946 bits per heavy atom. The van der Waals surface area contributed by atoms with Crippen molar-refractivity contribution in [1.29, 1.82) is 5.41 Å². The van der Waals surface area contributed by atoms with E-state index in [0.717, 1.165) is 48.4 Å². The van der Waals surface area contributed by atoms with Gasteiger partial charge in [0.2, 0.25) is 0 Å². The van der Waals surface area contributed by atoms with Gasteiger partial charge in [-0.1, -0.05) is 41.9 Å². The Hall–Kier alpha value is -3.49. The molecule has 0 spiro atoms. The molecule has 2 aromatic carbocycles. The summed E-state index contributed by atoms with van der Waals surface area (Å²) >= 11 is 7.08. The Labute approximate surface area is 224 Å². The number of anilines is 1. The Kier molecular flexibility index (Phi) is 7.39. The minimum Gasteiger partial charge on any atom is -0.360 e. The van der Waals surface area contributed by atoms with Crippen LogP contribution in [-0.4, -0.2) is 53.0 Å². The molecule has 0 bridgehead atoms. The average molecular weight is 535 g/mol. The fraction of sp³-hybridized carbons (Fsp3) is 0.286. The van der Waals surface area contributed by atoms with Gasteiger partial charge in [0.25, 0.3) is 17.7 Å². The molecule has 2 aliphatic rings. The number of fused-ring (bicyclic) bond motifs is 1. The number of carbonyl (C=O) groups is 3. The maximum atomic E-state index is 13.2. The van der Waals surface area contributed by atoms with E-state index in [4.69, 9.17) is 17.0 Å². The van der Waals surface area contributed by atoms with Crippen LogP contribution in [0.5, 0.6) is 0 Å². The lowest BCUT2D eigenvalue weighted by Gasteiger charge is -2.29. The zero-order valence-electron chi connectivity index (χ0n) is 20.3. The molecule has 7 nitrogen and oxygen atoms in total. The van der Waals surface area contributed by atoms with Gasteiger partial charge in [0.15, 0.2) is 0 Å². The van der Waals surface area contributed by atoms with E-state index in [1.54, 1.807) is 30.3 Å². The third-order valence-corrected chi connectivity index (χ3v) is 8.03. The highest BCUT2D eigenvalue weighted by atomic mass is 35.5. The molecular weight excluding hydrogens is 508 g/mol. The average Bonchev–Trinajstić information content (AvgIpc) is 3.45. The SMILES string of the molecule is N=C(Cc1ccc(CCN2C(=O)c3cccc(NC(=O)c4ccc(Cl)s4)c3C2=O)cc1)N1CCCCC1. The van der Waals surface area contributed by atoms with Crippen molar-refractivity contribution in [2.75, 3.05) is 25.0 Å². The molecule has 190 valence electrons. The molecule has 3 aromatic rings. The highest BCUT2D eigenvalue weighted by Crippen LogP contribution is 2.31. The molecule has 1 aromatic heterocycles. The van der Waals surface area contributed by atoms with Crippen molar-refractivity contribution in [2.45, 2.75) is 32.1 Å². The molecule has 1 saturated heterocycles. The highest BCUT2D eigenvalue weighted by Gasteiger charge is 2.37. The summed E-state index contributed by atoms with van der Waals surface area (Å²) in [4.78, 5) is 42.6. The lowest BCUT2D eigenvalue weighted by atomic mass is 10.0. The summed E-state index contributed by atoms with van der Waals surface area (Å²) < 4.78 is 0.495. The largest absolute Gasteiger partial charge is 0.360 e. The van der Waals surface area contributed by atoms with Crippen LogP contribution in [0.2, 0.25) is 4.34 Å². The molecule has 37 heavy (non-hydrogen) atoms. The number of benzene rings is 2. The van der Waals surface area contributed by atoms with Crippen molar-refractivity contribution in [3.05, 3.63) is 86.1 Å². The zero-order valence-corrected chi connectivity index (χ0v) is 21.8. The number of nitrogens with zero attached hydrogens (tertiary/aromatic N) is 2. The van der Waals surface area contributed by atoms with Gasteiger partial charge in [0, 0.05) is 26.1 Å². The van der Waals surface area contributed by atoms with Crippen LogP contribution in [-0.2, 0) is 12.8 Å². The number of amides is 3. The third kappa shape index (κ3) is 5.45. The summed E-state index contributed by atoms with van der Waals surface area (Å²) in [6.45, 7) is 2.17. The molecule has 0 atom stereocenters. The molecule has 5 rings (SSSR count). The van der Waals surface area contributed by atoms with Crippen LogP contribution < -0.4 is 5.32 Å². The van der Waals surface area contributed by atoms with Crippen LogP contribution in [0.4, 0.5) is 5.69 Å². The van der Waals surface area contributed by atoms with Gasteiger partial charge in [0.05, 0.1) is 26.0 Å². The third-order valence-electron chi connectivity index (χ3n) is 6.80. The Morgan fingerprint density at radius 3 is 2.38 bits per heavy atom. The molecule has 3 amide bonds. The molecule has 0 aliphatic carbocycles. The van der Waals surface area contributed by atoms with Gasteiger partial charge in [-0.15, -0.1) is 11.3 Å². The lowest BCUT2D eigenvalue weighted by molar-refractivity contribution is 0.0656. The molecule has 0 unspecified atom stereocenters. The first-order valence-corrected chi connectivity index (χ1v) is 13.6. The van der Waals surface area contributed by atoms with Crippen molar-refractivity contribution in [2.24, 2.45) is 0 Å². The first-order chi connectivity index (χ1) is 17.9.